The summed E-state index contributed by atoms with van der Waals surface area (Å²) in [4.78, 5) is 11.3. The van der Waals surface area contributed by atoms with Crippen LogP contribution in [-0.4, -0.2) is 17.2 Å². The molecule has 0 aliphatic carbocycles. The minimum absolute atomic E-state index is 0.0784. The van der Waals surface area contributed by atoms with Gasteiger partial charge in [-0.3, -0.25) is 4.79 Å². The molecule has 1 heterocycles. The highest BCUT2D eigenvalue weighted by molar-refractivity contribution is 5.97. The van der Waals surface area contributed by atoms with Gasteiger partial charge in [-0.15, -0.1) is 0 Å². The van der Waals surface area contributed by atoms with Gasteiger partial charge in [0.2, 0.25) is 0 Å². The second-order valence-electron chi connectivity index (χ2n) is 3.55. The largest absolute Gasteiger partial charge is 0.368 e. The van der Waals surface area contributed by atoms with Crippen LogP contribution in [0.5, 0.6) is 0 Å². The molecule has 0 fully saturated rings. The van der Waals surface area contributed by atoms with Gasteiger partial charge in [-0.25, -0.2) is 0 Å². The van der Waals surface area contributed by atoms with Crippen molar-refractivity contribution in [1.29, 1.82) is 0 Å². The number of carbonyl (C=O) groups is 1. The Bertz CT molecular complexity index is 431. The van der Waals surface area contributed by atoms with Crippen molar-refractivity contribution < 1.29 is 18.7 Å². The molecular formula is C10H9F2NO2. The number of aryl methyl sites for hydroxylation is 1. The number of alkyl halides is 2. The molecule has 2 rings (SSSR count). The summed E-state index contributed by atoms with van der Waals surface area (Å²) in [5.41, 5.74) is 0.214. The SMILES string of the molecule is Cc1ccc2c(c1)C(=O)NC(O)C2(F)F. The summed E-state index contributed by atoms with van der Waals surface area (Å²) < 4.78 is 26.9. The van der Waals surface area contributed by atoms with Crippen molar-refractivity contribution in [2.75, 3.05) is 0 Å². The number of amides is 1. The van der Waals surface area contributed by atoms with Crippen molar-refractivity contribution in [2.24, 2.45) is 0 Å². The predicted molar refractivity (Wildman–Crippen MR) is 48.5 cm³/mol. The van der Waals surface area contributed by atoms with Crippen LogP contribution < -0.4 is 5.32 Å². The zero-order valence-corrected chi connectivity index (χ0v) is 7.92. The summed E-state index contributed by atoms with van der Waals surface area (Å²) >= 11 is 0. The second kappa shape index (κ2) is 3.00. The van der Waals surface area contributed by atoms with E-state index in [9.17, 15) is 13.6 Å². The zero-order valence-electron chi connectivity index (χ0n) is 7.92. The topological polar surface area (TPSA) is 49.3 Å². The average Bonchev–Trinajstić information content (AvgIpc) is 2.15. The van der Waals surface area contributed by atoms with Crippen LogP contribution in [0.1, 0.15) is 21.5 Å². The number of carbonyl (C=O) groups excluding carboxylic acids is 1. The van der Waals surface area contributed by atoms with Crippen molar-refractivity contribution in [2.45, 2.75) is 19.1 Å². The monoisotopic (exact) mass is 213 g/mol. The van der Waals surface area contributed by atoms with E-state index >= 15 is 0 Å². The minimum atomic E-state index is -3.43. The van der Waals surface area contributed by atoms with E-state index in [0.29, 0.717) is 0 Å². The lowest BCUT2D eigenvalue weighted by atomic mass is 9.94. The number of fused-ring (bicyclic) bond motifs is 1. The molecule has 1 aliphatic heterocycles. The highest BCUT2D eigenvalue weighted by Gasteiger charge is 2.47. The fraction of sp³-hybridized carbons (Fsp3) is 0.300. The molecule has 1 aromatic carbocycles. The van der Waals surface area contributed by atoms with E-state index in [-0.39, 0.29) is 5.56 Å². The van der Waals surface area contributed by atoms with Crippen molar-refractivity contribution in [1.82, 2.24) is 5.32 Å². The number of hydrogen-bond acceptors (Lipinski definition) is 2. The molecule has 0 bridgehead atoms. The normalized spacial score (nSPS) is 23.2. The van der Waals surface area contributed by atoms with Gasteiger partial charge in [-0.2, -0.15) is 8.78 Å². The Balaban J connectivity index is 2.64. The van der Waals surface area contributed by atoms with E-state index in [2.05, 4.69) is 0 Å². The Hall–Kier alpha value is -1.49. The van der Waals surface area contributed by atoms with Gasteiger partial charge < -0.3 is 10.4 Å². The summed E-state index contributed by atoms with van der Waals surface area (Å²) in [6.45, 7) is 1.71. The van der Waals surface area contributed by atoms with Crippen LogP contribution in [-0.2, 0) is 5.92 Å². The Morgan fingerprint density at radius 1 is 1.47 bits per heavy atom. The van der Waals surface area contributed by atoms with E-state index < -0.39 is 23.6 Å². The Labute approximate surface area is 84.7 Å². The fourth-order valence-electron chi connectivity index (χ4n) is 1.58. The van der Waals surface area contributed by atoms with Crippen molar-refractivity contribution in [3.63, 3.8) is 0 Å². The van der Waals surface area contributed by atoms with E-state index in [1.165, 1.54) is 18.2 Å². The van der Waals surface area contributed by atoms with Crippen LogP contribution in [0, 0.1) is 6.92 Å². The highest BCUT2D eigenvalue weighted by Crippen LogP contribution is 2.36. The van der Waals surface area contributed by atoms with Crippen LogP contribution >= 0.6 is 0 Å². The maximum atomic E-state index is 13.4. The van der Waals surface area contributed by atoms with Gasteiger partial charge >= 0.3 is 5.92 Å². The first kappa shape index (κ1) is 10.0. The molecule has 0 saturated carbocycles. The molecule has 3 nitrogen and oxygen atoms in total. The molecule has 0 saturated heterocycles. The van der Waals surface area contributed by atoms with Crippen LogP contribution in [0.2, 0.25) is 0 Å². The third-order valence-electron chi connectivity index (χ3n) is 2.39. The lowest BCUT2D eigenvalue weighted by Gasteiger charge is -2.30. The van der Waals surface area contributed by atoms with E-state index in [0.717, 1.165) is 5.56 Å². The number of aliphatic hydroxyl groups is 1. The van der Waals surface area contributed by atoms with Gasteiger partial charge in [0.25, 0.3) is 5.91 Å². The van der Waals surface area contributed by atoms with Crippen molar-refractivity contribution >= 4 is 5.91 Å². The molecule has 0 spiro atoms. The van der Waals surface area contributed by atoms with Crippen molar-refractivity contribution in [3.8, 4) is 0 Å². The summed E-state index contributed by atoms with van der Waals surface area (Å²) in [7, 11) is 0. The fourth-order valence-corrected chi connectivity index (χ4v) is 1.58. The summed E-state index contributed by atoms with van der Waals surface area (Å²) in [6.07, 6.45) is -2.15. The lowest BCUT2D eigenvalue weighted by Crippen LogP contribution is -2.51. The molecule has 1 amide bonds. The van der Waals surface area contributed by atoms with Crippen LogP contribution in [0.25, 0.3) is 0 Å². The molecule has 1 unspecified atom stereocenters. The summed E-state index contributed by atoms with van der Waals surface area (Å²) in [6, 6.07) is 4.04. The molecule has 1 aliphatic rings. The van der Waals surface area contributed by atoms with Gasteiger partial charge in [0.15, 0.2) is 6.23 Å². The van der Waals surface area contributed by atoms with Crippen LogP contribution in [0.15, 0.2) is 18.2 Å². The molecule has 0 aromatic heterocycles. The maximum absolute atomic E-state index is 13.4. The molecule has 1 atom stereocenters. The first-order chi connectivity index (χ1) is 6.93. The van der Waals surface area contributed by atoms with Crippen LogP contribution in [0.4, 0.5) is 8.78 Å². The number of benzene rings is 1. The molecule has 1 aromatic rings. The van der Waals surface area contributed by atoms with Gasteiger partial charge in [-0.1, -0.05) is 17.7 Å². The van der Waals surface area contributed by atoms with Crippen molar-refractivity contribution in [3.05, 3.63) is 34.9 Å². The molecule has 2 N–H and O–H groups in total. The Morgan fingerprint density at radius 3 is 2.80 bits per heavy atom. The quantitative estimate of drug-likeness (QED) is 0.679. The second-order valence-corrected chi connectivity index (χ2v) is 3.55. The smallest absolute Gasteiger partial charge is 0.317 e. The number of halogens is 2. The maximum Gasteiger partial charge on any atom is 0.317 e. The van der Waals surface area contributed by atoms with Gasteiger partial charge in [-0.05, 0) is 13.0 Å². The number of hydrogen-bond donors (Lipinski definition) is 2. The Morgan fingerprint density at radius 2 is 2.13 bits per heavy atom. The molecule has 80 valence electrons. The van der Waals surface area contributed by atoms with Gasteiger partial charge in [0.05, 0.1) is 0 Å². The lowest BCUT2D eigenvalue weighted by molar-refractivity contribution is -0.128. The first-order valence-electron chi connectivity index (χ1n) is 4.41. The predicted octanol–water partition coefficient (Wildman–Crippen LogP) is 1.15. The van der Waals surface area contributed by atoms with Gasteiger partial charge in [0.1, 0.15) is 0 Å². The first-order valence-corrected chi connectivity index (χ1v) is 4.41. The van der Waals surface area contributed by atoms with E-state index in [1.807, 2.05) is 5.32 Å². The number of aliphatic hydroxyl groups excluding tert-OH is 1. The minimum Gasteiger partial charge on any atom is -0.368 e. The zero-order chi connectivity index (χ0) is 11.2. The van der Waals surface area contributed by atoms with E-state index in [1.54, 1.807) is 6.92 Å². The standard InChI is InChI=1S/C10H9F2NO2/c1-5-2-3-7-6(4-5)8(14)13-9(15)10(7,11)12/h2-4,9,15H,1H3,(H,13,14). The molecular weight excluding hydrogens is 204 g/mol. The third kappa shape index (κ3) is 1.39. The van der Waals surface area contributed by atoms with E-state index in [4.69, 9.17) is 5.11 Å². The molecule has 0 radical (unpaired) electrons. The summed E-state index contributed by atoms with van der Waals surface area (Å²) in [5, 5.41) is 10.9. The summed E-state index contributed by atoms with van der Waals surface area (Å²) in [5.74, 6) is -4.11. The van der Waals surface area contributed by atoms with Gasteiger partial charge in [0, 0.05) is 11.1 Å². The number of rotatable bonds is 0. The third-order valence-corrected chi connectivity index (χ3v) is 2.39. The molecule has 5 heteroatoms. The Kier molecular flexibility index (Phi) is 2.01. The molecule has 15 heavy (non-hydrogen) atoms. The van der Waals surface area contributed by atoms with Crippen LogP contribution in [0.3, 0.4) is 0 Å². The highest BCUT2D eigenvalue weighted by atomic mass is 19.3. The number of nitrogens with one attached hydrogen (secondary N) is 1. The average molecular weight is 213 g/mol.